The molecule has 0 aliphatic carbocycles. The Balaban J connectivity index is 1.95. The third kappa shape index (κ3) is 6.04. The summed E-state index contributed by atoms with van der Waals surface area (Å²) in [6, 6.07) is 18.9. The number of rotatable bonds is 8. The fraction of sp³-hybridized carbons (Fsp3) is 0.333. The summed E-state index contributed by atoms with van der Waals surface area (Å²) in [5.41, 5.74) is 1.17. The van der Waals surface area contributed by atoms with Crippen LogP contribution in [0.25, 0.3) is 0 Å². The van der Waals surface area contributed by atoms with Gasteiger partial charge < -0.3 is 4.18 Å². The Morgan fingerprint density at radius 2 is 1.52 bits per heavy atom. The van der Waals surface area contributed by atoms with Gasteiger partial charge in [-0.1, -0.05) is 48.5 Å². The molecule has 0 amide bonds. The number of benzene rings is 2. The van der Waals surface area contributed by atoms with Crippen LogP contribution in [0.5, 0.6) is 5.75 Å². The van der Waals surface area contributed by atoms with Gasteiger partial charge in [-0.05, 0) is 31.5 Å². The Morgan fingerprint density at radius 3 is 2.09 bits per heavy atom. The van der Waals surface area contributed by atoms with Crippen molar-refractivity contribution in [1.29, 1.82) is 0 Å². The Hall–Kier alpha value is -1.85. The van der Waals surface area contributed by atoms with E-state index in [2.05, 4.69) is 18.7 Å². The molecule has 0 atom stereocenters. The molecule has 2 aromatic carbocycles. The van der Waals surface area contributed by atoms with Crippen molar-refractivity contribution < 1.29 is 12.6 Å². The van der Waals surface area contributed by atoms with E-state index in [0.29, 0.717) is 12.3 Å². The molecule has 0 unspecified atom stereocenters. The van der Waals surface area contributed by atoms with Crippen molar-refractivity contribution in [2.75, 3.05) is 12.3 Å². The van der Waals surface area contributed by atoms with Crippen LogP contribution in [0.4, 0.5) is 0 Å². The minimum atomic E-state index is -3.60. The molecule has 0 saturated carbocycles. The van der Waals surface area contributed by atoms with Crippen LogP contribution in [0.1, 0.15) is 19.4 Å². The lowest BCUT2D eigenvalue weighted by atomic mass is 10.2. The molecule has 0 bridgehead atoms. The number of nitrogens with zero attached hydrogens (tertiary/aromatic N) is 1. The maximum atomic E-state index is 12.1. The fourth-order valence-corrected chi connectivity index (χ4v) is 3.18. The van der Waals surface area contributed by atoms with Gasteiger partial charge in [-0.2, -0.15) is 8.42 Å². The van der Waals surface area contributed by atoms with Gasteiger partial charge in [0.05, 0.1) is 5.75 Å². The number of para-hydroxylation sites is 1. The highest BCUT2D eigenvalue weighted by atomic mass is 32.2. The molecule has 0 fully saturated rings. The van der Waals surface area contributed by atoms with Gasteiger partial charge in [0.25, 0.3) is 0 Å². The van der Waals surface area contributed by atoms with Crippen LogP contribution in [0.15, 0.2) is 60.7 Å². The van der Waals surface area contributed by atoms with Gasteiger partial charge in [0.15, 0.2) is 0 Å². The summed E-state index contributed by atoms with van der Waals surface area (Å²) >= 11 is 0. The van der Waals surface area contributed by atoms with Crippen molar-refractivity contribution >= 4 is 10.1 Å². The highest BCUT2D eigenvalue weighted by molar-refractivity contribution is 7.87. The summed E-state index contributed by atoms with van der Waals surface area (Å²) in [5, 5.41) is 0. The summed E-state index contributed by atoms with van der Waals surface area (Å²) in [4.78, 5) is 2.13. The molecule has 5 heteroatoms. The van der Waals surface area contributed by atoms with Gasteiger partial charge in [0.1, 0.15) is 5.75 Å². The summed E-state index contributed by atoms with van der Waals surface area (Å²) < 4.78 is 29.4. The van der Waals surface area contributed by atoms with Gasteiger partial charge in [-0.25, -0.2) is 0 Å². The first kappa shape index (κ1) is 17.5. The lowest BCUT2D eigenvalue weighted by Crippen LogP contribution is -2.35. The molecule has 0 radical (unpaired) electrons. The molecule has 0 aliphatic rings. The Labute approximate surface area is 138 Å². The van der Waals surface area contributed by atoms with Crippen molar-refractivity contribution in [3.8, 4) is 5.75 Å². The second-order valence-electron chi connectivity index (χ2n) is 5.71. The Kier molecular flexibility index (Phi) is 6.19. The highest BCUT2D eigenvalue weighted by Crippen LogP contribution is 2.13. The maximum absolute atomic E-state index is 12.1. The third-order valence-electron chi connectivity index (χ3n) is 3.55. The summed E-state index contributed by atoms with van der Waals surface area (Å²) in [6.45, 7) is 5.28. The summed E-state index contributed by atoms with van der Waals surface area (Å²) in [5.74, 6) is 0.319. The standard InChI is InChI=1S/C18H23NO3S/c1-16(2)19(15-17-9-5-3-6-10-17)13-14-23(20,21)22-18-11-7-4-8-12-18/h3-12,16H,13-15H2,1-2H3. The smallest absolute Gasteiger partial charge is 0.310 e. The van der Waals surface area contributed by atoms with Crippen LogP contribution in [0.3, 0.4) is 0 Å². The average Bonchev–Trinajstić information content (AvgIpc) is 2.52. The van der Waals surface area contributed by atoms with Crippen LogP contribution in [0, 0.1) is 0 Å². The summed E-state index contributed by atoms with van der Waals surface area (Å²) in [6.07, 6.45) is 0. The Morgan fingerprint density at radius 1 is 0.957 bits per heavy atom. The van der Waals surface area contributed by atoms with Crippen molar-refractivity contribution in [2.45, 2.75) is 26.4 Å². The topological polar surface area (TPSA) is 46.6 Å². The quantitative estimate of drug-likeness (QED) is 0.695. The zero-order chi connectivity index (χ0) is 16.7. The zero-order valence-corrected chi connectivity index (χ0v) is 14.4. The van der Waals surface area contributed by atoms with E-state index < -0.39 is 10.1 Å². The molecule has 2 rings (SSSR count). The molecular formula is C18H23NO3S. The molecule has 2 aromatic rings. The van der Waals surface area contributed by atoms with E-state index in [-0.39, 0.29) is 11.8 Å². The predicted molar refractivity (Wildman–Crippen MR) is 92.8 cm³/mol. The second kappa shape index (κ2) is 8.13. The van der Waals surface area contributed by atoms with Gasteiger partial charge >= 0.3 is 10.1 Å². The van der Waals surface area contributed by atoms with E-state index in [1.807, 2.05) is 36.4 Å². The van der Waals surface area contributed by atoms with Gasteiger partial charge in [0.2, 0.25) is 0 Å². The van der Waals surface area contributed by atoms with E-state index in [4.69, 9.17) is 4.18 Å². The molecule has 23 heavy (non-hydrogen) atoms. The number of hydrogen-bond acceptors (Lipinski definition) is 4. The largest absolute Gasteiger partial charge is 0.382 e. The van der Waals surface area contributed by atoms with Crippen LogP contribution in [0.2, 0.25) is 0 Å². The molecule has 0 spiro atoms. The highest BCUT2D eigenvalue weighted by Gasteiger charge is 2.17. The van der Waals surface area contributed by atoms with Crippen LogP contribution in [-0.4, -0.2) is 31.7 Å². The van der Waals surface area contributed by atoms with Crippen molar-refractivity contribution in [1.82, 2.24) is 4.90 Å². The molecule has 0 aliphatic heterocycles. The van der Waals surface area contributed by atoms with Crippen molar-refractivity contribution in [3.63, 3.8) is 0 Å². The van der Waals surface area contributed by atoms with E-state index in [9.17, 15) is 8.42 Å². The van der Waals surface area contributed by atoms with Crippen LogP contribution < -0.4 is 4.18 Å². The second-order valence-corrected chi connectivity index (χ2v) is 7.40. The molecular weight excluding hydrogens is 310 g/mol. The van der Waals surface area contributed by atoms with E-state index in [1.165, 1.54) is 5.56 Å². The molecule has 0 aromatic heterocycles. The van der Waals surface area contributed by atoms with Gasteiger partial charge in [-0.3, -0.25) is 4.90 Å². The first-order valence-electron chi connectivity index (χ1n) is 7.71. The average molecular weight is 333 g/mol. The first-order chi connectivity index (χ1) is 11.0. The van der Waals surface area contributed by atoms with E-state index >= 15 is 0 Å². The van der Waals surface area contributed by atoms with E-state index in [0.717, 1.165) is 6.54 Å². The SMILES string of the molecule is CC(C)N(CCS(=O)(=O)Oc1ccccc1)Cc1ccccc1. The minimum absolute atomic E-state index is 0.0348. The third-order valence-corrected chi connectivity index (χ3v) is 4.68. The normalized spacial score (nSPS) is 11.8. The fourth-order valence-electron chi connectivity index (χ4n) is 2.23. The molecule has 0 saturated heterocycles. The molecule has 4 nitrogen and oxygen atoms in total. The zero-order valence-electron chi connectivity index (χ0n) is 13.6. The van der Waals surface area contributed by atoms with E-state index in [1.54, 1.807) is 24.3 Å². The predicted octanol–water partition coefficient (Wildman–Crippen LogP) is 3.31. The Bertz CT molecular complexity index is 685. The van der Waals surface area contributed by atoms with Crippen LogP contribution >= 0.6 is 0 Å². The van der Waals surface area contributed by atoms with Crippen LogP contribution in [-0.2, 0) is 16.7 Å². The monoisotopic (exact) mass is 333 g/mol. The molecule has 0 N–H and O–H groups in total. The first-order valence-corrected chi connectivity index (χ1v) is 9.29. The van der Waals surface area contributed by atoms with Gasteiger partial charge in [-0.15, -0.1) is 0 Å². The number of hydrogen-bond donors (Lipinski definition) is 0. The maximum Gasteiger partial charge on any atom is 0.310 e. The minimum Gasteiger partial charge on any atom is -0.382 e. The summed E-state index contributed by atoms with van der Waals surface area (Å²) in [7, 11) is -3.60. The van der Waals surface area contributed by atoms with Gasteiger partial charge in [0, 0.05) is 19.1 Å². The molecule has 0 heterocycles. The lowest BCUT2D eigenvalue weighted by molar-refractivity contribution is 0.224. The molecule has 124 valence electrons. The lowest BCUT2D eigenvalue weighted by Gasteiger charge is -2.26. The van der Waals surface area contributed by atoms with Crippen molar-refractivity contribution in [2.24, 2.45) is 0 Å². The van der Waals surface area contributed by atoms with Crippen molar-refractivity contribution in [3.05, 3.63) is 66.2 Å².